The molecule has 0 saturated carbocycles. The van der Waals surface area contributed by atoms with Crippen LogP contribution < -0.4 is 14.8 Å². The molecular weight excluding hydrogens is 318 g/mol. The Hall–Kier alpha value is -2.24. The Morgan fingerprint density at radius 3 is 2.65 bits per heavy atom. The molecule has 1 aliphatic heterocycles. The van der Waals surface area contributed by atoms with E-state index < -0.39 is 5.60 Å². The van der Waals surface area contributed by atoms with E-state index in [1.807, 2.05) is 0 Å². The molecule has 2 aromatic rings. The van der Waals surface area contributed by atoms with Crippen LogP contribution in [0.5, 0.6) is 11.5 Å². The van der Waals surface area contributed by atoms with E-state index in [4.69, 9.17) is 21.1 Å². The maximum atomic E-state index is 12.2. The van der Waals surface area contributed by atoms with Crippen molar-refractivity contribution in [2.24, 2.45) is 0 Å². The van der Waals surface area contributed by atoms with Gasteiger partial charge in [0.15, 0.2) is 11.5 Å². The summed E-state index contributed by atoms with van der Waals surface area (Å²) in [4.78, 5) is 12.2. The Balaban J connectivity index is 1.67. The topological polar surface area (TPSA) is 67.8 Å². The van der Waals surface area contributed by atoms with E-state index in [-0.39, 0.29) is 19.2 Å². The smallest absolute Gasteiger partial charge is 0.251 e. The lowest BCUT2D eigenvalue weighted by Crippen LogP contribution is -2.38. The number of amides is 1. The number of rotatable bonds is 4. The van der Waals surface area contributed by atoms with Crippen LogP contribution in [0.4, 0.5) is 0 Å². The van der Waals surface area contributed by atoms with Crippen molar-refractivity contribution in [3.8, 4) is 11.5 Å². The van der Waals surface area contributed by atoms with Gasteiger partial charge < -0.3 is 19.9 Å². The number of hydrogen-bond acceptors (Lipinski definition) is 4. The van der Waals surface area contributed by atoms with Gasteiger partial charge in [0.2, 0.25) is 6.79 Å². The number of aliphatic hydroxyl groups is 1. The van der Waals surface area contributed by atoms with Gasteiger partial charge in [-0.05, 0) is 42.8 Å². The van der Waals surface area contributed by atoms with Gasteiger partial charge in [0.1, 0.15) is 5.60 Å². The Bertz CT molecular complexity index is 728. The molecule has 2 aromatic carbocycles. The molecule has 1 unspecified atom stereocenters. The molecule has 1 aliphatic rings. The highest BCUT2D eigenvalue weighted by molar-refractivity contribution is 6.30. The van der Waals surface area contributed by atoms with Gasteiger partial charge in [-0.15, -0.1) is 0 Å². The second kappa shape index (κ2) is 6.10. The molecule has 0 fully saturated rings. The maximum Gasteiger partial charge on any atom is 0.251 e. The van der Waals surface area contributed by atoms with Crippen molar-refractivity contribution in [1.29, 1.82) is 0 Å². The molecule has 6 heteroatoms. The first-order valence-electron chi connectivity index (χ1n) is 7.12. The minimum Gasteiger partial charge on any atom is -0.454 e. The quantitative estimate of drug-likeness (QED) is 0.902. The molecule has 0 radical (unpaired) electrons. The number of fused-ring (bicyclic) bond motifs is 1. The number of carbonyl (C=O) groups excluding carboxylic acids is 1. The molecule has 0 aliphatic carbocycles. The van der Waals surface area contributed by atoms with Crippen LogP contribution in [0.1, 0.15) is 22.8 Å². The minimum atomic E-state index is -1.20. The lowest BCUT2D eigenvalue weighted by Gasteiger charge is -2.24. The van der Waals surface area contributed by atoms with Crippen molar-refractivity contribution in [3.05, 3.63) is 58.6 Å². The van der Waals surface area contributed by atoms with Crippen LogP contribution in [0.3, 0.4) is 0 Å². The van der Waals surface area contributed by atoms with Gasteiger partial charge >= 0.3 is 0 Å². The molecule has 1 atom stereocenters. The molecule has 1 heterocycles. The minimum absolute atomic E-state index is 0.0713. The van der Waals surface area contributed by atoms with E-state index in [1.165, 1.54) is 0 Å². The first-order chi connectivity index (χ1) is 11.0. The van der Waals surface area contributed by atoms with Gasteiger partial charge in [-0.2, -0.15) is 0 Å². The normalized spacial score (nSPS) is 15.1. The van der Waals surface area contributed by atoms with Gasteiger partial charge in [-0.25, -0.2) is 0 Å². The van der Waals surface area contributed by atoms with Gasteiger partial charge in [0.05, 0.1) is 6.54 Å². The van der Waals surface area contributed by atoms with E-state index in [2.05, 4.69) is 5.32 Å². The lowest BCUT2D eigenvalue weighted by atomic mass is 9.96. The summed E-state index contributed by atoms with van der Waals surface area (Å²) in [7, 11) is 0. The van der Waals surface area contributed by atoms with E-state index in [9.17, 15) is 9.90 Å². The first kappa shape index (κ1) is 15.6. The zero-order valence-corrected chi connectivity index (χ0v) is 13.3. The van der Waals surface area contributed by atoms with Crippen LogP contribution in [-0.2, 0) is 5.60 Å². The van der Waals surface area contributed by atoms with Crippen molar-refractivity contribution in [3.63, 3.8) is 0 Å². The summed E-state index contributed by atoms with van der Waals surface area (Å²) in [6.45, 7) is 1.86. The number of nitrogens with one attached hydrogen (secondary N) is 1. The first-order valence-corrected chi connectivity index (χ1v) is 7.50. The summed E-state index contributed by atoms with van der Waals surface area (Å²) in [5.41, 5.74) is -0.0783. The van der Waals surface area contributed by atoms with Crippen LogP contribution >= 0.6 is 11.6 Å². The number of hydrogen-bond donors (Lipinski definition) is 2. The zero-order chi connectivity index (χ0) is 16.4. The Labute approximate surface area is 138 Å². The number of benzene rings is 2. The highest BCUT2D eigenvalue weighted by Crippen LogP contribution is 2.32. The summed E-state index contributed by atoms with van der Waals surface area (Å²) < 4.78 is 10.5. The second-order valence-corrected chi connectivity index (χ2v) is 5.97. The molecule has 0 bridgehead atoms. The van der Waals surface area contributed by atoms with Crippen molar-refractivity contribution in [1.82, 2.24) is 5.32 Å². The van der Waals surface area contributed by atoms with E-state index in [0.29, 0.717) is 27.6 Å². The third kappa shape index (κ3) is 3.41. The maximum absolute atomic E-state index is 12.2. The molecular formula is C17H16ClNO4. The van der Waals surface area contributed by atoms with Crippen LogP contribution in [0.2, 0.25) is 5.02 Å². The highest BCUT2D eigenvalue weighted by atomic mass is 35.5. The van der Waals surface area contributed by atoms with E-state index in [1.54, 1.807) is 49.4 Å². The summed E-state index contributed by atoms with van der Waals surface area (Å²) in [5.74, 6) is 0.870. The van der Waals surface area contributed by atoms with Crippen LogP contribution in [0, 0.1) is 0 Å². The zero-order valence-electron chi connectivity index (χ0n) is 12.5. The number of halogens is 1. The molecule has 3 rings (SSSR count). The lowest BCUT2D eigenvalue weighted by molar-refractivity contribution is 0.0526. The Morgan fingerprint density at radius 1 is 1.22 bits per heavy atom. The molecule has 1 amide bonds. The third-order valence-electron chi connectivity index (χ3n) is 3.69. The van der Waals surface area contributed by atoms with E-state index >= 15 is 0 Å². The van der Waals surface area contributed by atoms with Crippen LogP contribution in [0.15, 0.2) is 42.5 Å². The monoisotopic (exact) mass is 333 g/mol. The number of ether oxygens (including phenoxy) is 2. The van der Waals surface area contributed by atoms with Gasteiger partial charge in [-0.1, -0.05) is 23.7 Å². The molecule has 23 heavy (non-hydrogen) atoms. The van der Waals surface area contributed by atoms with Crippen molar-refractivity contribution >= 4 is 17.5 Å². The van der Waals surface area contributed by atoms with Gasteiger partial charge in [0, 0.05) is 10.6 Å². The fraction of sp³-hybridized carbons (Fsp3) is 0.235. The third-order valence-corrected chi connectivity index (χ3v) is 3.95. The van der Waals surface area contributed by atoms with Gasteiger partial charge in [-0.3, -0.25) is 4.79 Å². The summed E-state index contributed by atoms with van der Waals surface area (Å²) >= 11 is 5.84. The molecule has 0 saturated heterocycles. The van der Waals surface area contributed by atoms with Crippen LogP contribution in [-0.4, -0.2) is 24.4 Å². The predicted octanol–water partition coefficient (Wildman–Crippen LogP) is 2.71. The molecule has 120 valence electrons. The molecule has 5 nitrogen and oxygen atoms in total. The SMILES string of the molecule is CC(O)(CNC(=O)c1ccc2c(c1)OCO2)c1ccc(Cl)cc1. The Morgan fingerprint density at radius 2 is 1.91 bits per heavy atom. The fourth-order valence-corrected chi connectivity index (χ4v) is 2.43. The fourth-order valence-electron chi connectivity index (χ4n) is 2.30. The van der Waals surface area contributed by atoms with Gasteiger partial charge in [0.25, 0.3) is 5.91 Å². The molecule has 0 spiro atoms. The number of carbonyl (C=O) groups is 1. The van der Waals surface area contributed by atoms with Crippen molar-refractivity contribution in [2.75, 3.05) is 13.3 Å². The van der Waals surface area contributed by atoms with Crippen LogP contribution in [0.25, 0.3) is 0 Å². The standard InChI is InChI=1S/C17H16ClNO4/c1-17(21,12-3-5-13(18)6-4-12)9-19-16(20)11-2-7-14-15(8-11)23-10-22-14/h2-8,21H,9-10H2,1H3,(H,19,20). The van der Waals surface area contributed by atoms with E-state index in [0.717, 1.165) is 0 Å². The van der Waals surface area contributed by atoms with Crippen molar-refractivity contribution < 1.29 is 19.4 Å². The Kier molecular flexibility index (Phi) is 4.15. The summed E-state index contributed by atoms with van der Waals surface area (Å²) in [6.07, 6.45) is 0. The highest BCUT2D eigenvalue weighted by Gasteiger charge is 2.24. The average Bonchev–Trinajstić information content (AvgIpc) is 3.00. The predicted molar refractivity (Wildman–Crippen MR) is 85.9 cm³/mol. The summed E-state index contributed by atoms with van der Waals surface area (Å²) in [6, 6.07) is 11.8. The second-order valence-electron chi connectivity index (χ2n) is 5.53. The largest absolute Gasteiger partial charge is 0.454 e. The van der Waals surface area contributed by atoms with Crippen molar-refractivity contribution in [2.45, 2.75) is 12.5 Å². The molecule has 2 N–H and O–H groups in total. The molecule has 0 aromatic heterocycles. The average molecular weight is 334 g/mol. The summed E-state index contributed by atoms with van der Waals surface area (Å²) in [5, 5.41) is 13.8.